The van der Waals surface area contributed by atoms with Gasteiger partial charge in [0.25, 0.3) is 0 Å². The van der Waals surface area contributed by atoms with Gasteiger partial charge < -0.3 is 27.0 Å². The van der Waals surface area contributed by atoms with Crippen molar-refractivity contribution in [2.45, 2.75) is 44.7 Å². The van der Waals surface area contributed by atoms with Crippen LogP contribution in [0.4, 0.5) is 0 Å². The normalized spacial score (nSPS) is 14.8. The summed E-state index contributed by atoms with van der Waals surface area (Å²) in [5, 5.41) is 19.6. The highest BCUT2D eigenvalue weighted by Gasteiger charge is 2.26. The second-order valence-corrected chi connectivity index (χ2v) is 4.68. The van der Waals surface area contributed by atoms with E-state index in [9.17, 15) is 19.2 Å². The highest BCUT2D eigenvalue weighted by atomic mass is 16.4. The van der Waals surface area contributed by atoms with Crippen LogP contribution in [-0.2, 0) is 19.2 Å². The first-order chi connectivity index (χ1) is 9.68. The molecule has 0 heterocycles. The van der Waals surface area contributed by atoms with Gasteiger partial charge in [0, 0.05) is 12.3 Å². The Morgan fingerprint density at radius 3 is 2.14 bits per heavy atom. The Balaban J connectivity index is 4.56. The van der Waals surface area contributed by atoms with Crippen LogP contribution in [-0.4, -0.2) is 46.0 Å². The number of carbonyl (C=O) groups excluding carboxylic acids is 2. The summed E-state index contributed by atoms with van der Waals surface area (Å²) >= 11 is 0. The van der Waals surface area contributed by atoms with Gasteiger partial charge in [-0.05, 0) is 19.3 Å². The van der Waals surface area contributed by atoms with Crippen LogP contribution in [0.5, 0.6) is 0 Å². The molecular weight excluding hydrogens is 282 g/mol. The molecule has 9 heteroatoms. The van der Waals surface area contributed by atoms with Crippen LogP contribution in [0.15, 0.2) is 0 Å². The molecule has 3 atom stereocenters. The summed E-state index contributed by atoms with van der Waals surface area (Å²) < 4.78 is 0. The molecule has 2 amide bonds. The molecule has 120 valence electrons. The van der Waals surface area contributed by atoms with Crippen LogP contribution >= 0.6 is 0 Å². The Morgan fingerprint density at radius 1 is 1.19 bits per heavy atom. The van der Waals surface area contributed by atoms with Gasteiger partial charge in [-0.1, -0.05) is 6.92 Å². The van der Waals surface area contributed by atoms with E-state index in [0.29, 0.717) is 6.42 Å². The standard InChI is InChI=1S/C12H21N3O6/c1-2-6(10(14)18)5-7(13)11(19)15-8(12(20)21)3-4-9(16)17/h6-8H,2-5,13H2,1H3,(H2,14,18)(H,15,19)(H,16,17)(H,20,21)/t6?,7-,8+/m1/s1. The van der Waals surface area contributed by atoms with Gasteiger partial charge in [0.15, 0.2) is 0 Å². The number of nitrogens with one attached hydrogen (secondary N) is 1. The van der Waals surface area contributed by atoms with E-state index in [2.05, 4.69) is 5.32 Å². The predicted octanol–water partition coefficient (Wildman–Crippen LogP) is -1.35. The monoisotopic (exact) mass is 303 g/mol. The maximum absolute atomic E-state index is 11.8. The summed E-state index contributed by atoms with van der Waals surface area (Å²) in [6.07, 6.45) is -0.234. The fourth-order valence-corrected chi connectivity index (χ4v) is 1.70. The summed E-state index contributed by atoms with van der Waals surface area (Å²) in [6, 6.07) is -2.43. The molecule has 0 aliphatic rings. The fraction of sp³-hybridized carbons (Fsp3) is 0.667. The molecule has 0 aromatic carbocycles. The van der Waals surface area contributed by atoms with E-state index in [1.54, 1.807) is 6.92 Å². The summed E-state index contributed by atoms with van der Waals surface area (Å²) in [5.41, 5.74) is 10.7. The van der Waals surface area contributed by atoms with Crippen molar-refractivity contribution in [1.82, 2.24) is 5.32 Å². The van der Waals surface area contributed by atoms with Gasteiger partial charge in [0.1, 0.15) is 6.04 Å². The number of carbonyl (C=O) groups is 4. The van der Waals surface area contributed by atoms with Crippen molar-refractivity contribution in [2.24, 2.45) is 17.4 Å². The molecule has 7 N–H and O–H groups in total. The minimum Gasteiger partial charge on any atom is -0.481 e. The topological polar surface area (TPSA) is 173 Å². The number of hydrogen-bond acceptors (Lipinski definition) is 5. The molecule has 0 radical (unpaired) electrons. The minimum atomic E-state index is -1.35. The third-order valence-electron chi connectivity index (χ3n) is 3.03. The van der Waals surface area contributed by atoms with E-state index in [-0.39, 0.29) is 12.8 Å². The van der Waals surface area contributed by atoms with E-state index in [1.807, 2.05) is 0 Å². The Labute approximate surface area is 121 Å². The molecule has 0 rings (SSSR count). The van der Waals surface area contributed by atoms with Gasteiger partial charge in [-0.3, -0.25) is 14.4 Å². The first-order valence-corrected chi connectivity index (χ1v) is 6.48. The zero-order valence-electron chi connectivity index (χ0n) is 11.7. The number of carboxylic acid groups (broad SMARTS) is 2. The van der Waals surface area contributed by atoms with E-state index < -0.39 is 48.2 Å². The molecule has 0 saturated carbocycles. The molecule has 1 unspecified atom stereocenters. The van der Waals surface area contributed by atoms with Gasteiger partial charge in [0.05, 0.1) is 6.04 Å². The lowest BCUT2D eigenvalue weighted by molar-refractivity contribution is -0.143. The van der Waals surface area contributed by atoms with Gasteiger partial charge in [-0.25, -0.2) is 4.79 Å². The summed E-state index contributed by atoms with van der Waals surface area (Å²) in [7, 11) is 0. The van der Waals surface area contributed by atoms with Crippen molar-refractivity contribution in [2.75, 3.05) is 0 Å². The molecule has 21 heavy (non-hydrogen) atoms. The van der Waals surface area contributed by atoms with Crippen LogP contribution < -0.4 is 16.8 Å². The fourth-order valence-electron chi connectivity index (χ4n) is 1.70. The molecule has 0 fully saturated rings. The van der Waals surface area contributed by atoms with Crippen molar-refractivity contribution >= 4 is 23.8 Å². The largest absolute Gasteiger partial charge is 0.481 e. The molecule has 0 spiro atoms. The van der Waals surface area contributed by atoms with Crippen LogP contribution in [0.25, 0.3) is 0 Å². The molecule has 0 aromatic heterocycles. The molecule has 9 nitrogen and oxygen atoms in total. The Kier molecular flexibility index (Phi) is 7.99. The number of primary amides is 1. The van der Waals surface area contributed by atoms with Gasteiger partial charge in [0.2, 0.25) is 11.8 Å². The predicted molar refractivity (Wildman–Crippen MR) is 72.0 cm³/mol. The molecular formula is C12H21N3O6. The highest BCUT2D eigenvalue weighted by Crippen LogP contribution is 2.10. The van der Waals surface area contributed by atoms with Crippen molar-refractivity contribution in [3.8, 4) is 0 Å². The van der Waals surface area contributed by atoms with Crippen molar-refractivity contribution in [3.05, 3.63) is 0 Å². The van der Waals surface area contributed by atoms with Crippen molar-refractivity contribution < 1.29 is 29.4 Å². The molecule has 0 aliphatic heterocycles. The third kappa shape index (κ3) is 7.25. The third-order valence-corrected chi connectivity index (χ3v) is 3.03. The summed E-state index contributed by atoms with van der Waals surface area (Å²) in [4.78, 5) is 44.2. The SMILES string of the molecule is CCC(C[C@@H](N)C(=O)N[C@@H](CCC(=O)O)C(=O)O)C(N)=O. The van der Waals surface area contributed by atoms with Crippen LogP contribution in [0.3, 0.4) is 0 Å². The maximum atomic E-state index is 11.8. The van der Waals surface area contributed by atoms with Crippen LogP contribution in [0.2, 0.25) is 0 Å². The number of aliphatic carboxylic acids is 2. The lowest BCUT2D eigenvalue weighted by Crippen LogP contribution is -2.49. The van der Waals surface area contributed by atoms with E-state index in [1.165, 1.54) is 0 Å². The lowest BCUT2D eigenvalue weighted by Gasteiger charge is -2.19. The summed E-state index contributed by atoms with van der Waals surface area (Å²) in [6.45, 7) is 1.72. The minimum absolute atomic E-state index is 0.00291. The van der Waals surface area contributed by atoms with E-state index in [4.69, 9.17) is 21.7 Å². The number of amides is 2. The first kappa shape index (κ1) is 18.8. The van der Waals surface area contributed by atoms with Gasteiger partial charge >= 0.3 is 11.9 Å². The lowest BCUT2D eigenvalue weighted by atomic mass is 9.96. The summed E-state index contributed by atoms with van der Waals surface area (Å²) in [5.74, 6) is -4.43. The van der Waals surface area contributed by atoms with Crippen molar-refractivity contribution in [1.29, 1.82) is 0 Å². The zero-order valence-corrected chi connectivity index (χ0v) is 11.7. The molecule has 0 aliphatic carbocycles. The molecule has 0 aromatic rings. The number of carboxylic acids is 2. The second-order valence-electron chi connectivity index (χ2n) is 4.68. The van der Waals surface area contributed by atoms with E-state index >= 15 is 0 Å². The van der Waals surface area contributed by atoms with E-state index in [0.717, 1.165) is 0 Å². The number of hydrogen-bond donors (Lipinski definition) is 5. The molecule has 0 saturated heterocycles. The number of rotatable bonds is 10. The van der Waals surface area contributed by atoms with Crippen molar-refractivity contribution in [3.63, 3.8) is 0 Å². The Bertz CT molecular complexity index is 412. The number of nitrogens with two attached hydrogens (primary N) is 2. The van der Waals surface area contributed by atoms with Crippen LogP contribution in [0.1, 0.15) is 32.6 Å². The average Bonchev–Trinajstić information content (AvgIpc) is 2.38. The Hall–Kier alpha value is -2.16. The zero-order chi connectivity index (χ0) is 16.6. The Morgan fingerprint density at radius 2 is 1.76 bits per heavy atom. The quantitative estimate of drug-likeness (QED) is 0.331. The second kappa shape index (κ2) is 8.90. The van der Waals surface area contributed by atoms with Gasteiger partial charge in [-0.2, -0.15) is 0 Å². The maximum Gasteiger partial charge on any atom is 0.326 e. The average molecular weight is 303 g/mol. The highest BCUT2D eigenvalue weighted by molar-refractivity contribution is 5.87. The smallest absolute Gasteiger partial charge is 0.326 e. The van der Waals surface area contributed by atoms with Gasteiger partial charge in [-0.15, -0.1) is 0 Å². The first-order valence-electron chi connectivity index (χ1n) is 6.48. The van der Waals surface area contributed by atoms with Crippen LogP contribution in [0, 0.1) is 5.92 Å². The molecule has 0 bridgehead atoms.